The molecule has 2 heterocycles. The molecule has 0 radical (unpaired) electrons. The minimum absolute atomic E-state index is 0.613. The van der Waals surface area contributed by atoms with E-state index in [1.165, 1.54) is 37.9 Å². The van der Waals surface area contributed by atoms with Gasteiger partial charge in [0.25, 0.3) is 0 Å². The fourth-order valence-corrected chi connectivity index (χ4v) is 7.46. The highest BCUT2D eigenvalue weighted by Gasteiger charge is 2.18. The van der Waals surface area contributed by atoms with Gasteiger partial charge in [0.2, 0.25) is 0 Å². The minimum atomic E-state index is 0.613. The van der Waals surface area contributed by atoms with Crippen molar-refractivity contribution in [1.29, 1.82) is 0 Å². The summed E-state index contributed by atoms with van der Waals surface area (Å²) in [5, 5.41) is 7.51. The summed E-state index contributed by atoms with van der Waals surface area (Å²) in [6.45, 7) is 7.89. The molecule has 2 aromatic heterocycles. The van der Waals surface area contributed by atoms with Crippen molar-refractivity contribution >= 4 is 37.9 Å². The smallest absolute Gasteiger partial charge is 0.164 e. The molecular formula is C50H36N4. The third-order valence-electron chi connectivity index (χ3n) is 10.2. The molecule has 7 aromatic carbocycles. The van der Waals surface area contributed by atoms with Gasteiger partial charge in [-0.15, -0.1) is 0 Å². The average Bonchev–Trinajstić information content (AvgIpc) is 3.23. The first-order valence-electron chi connectivity index (χ1n) is 18.2. The molecular weight excluding hydrogens is 657 g/mol. The van der Waals surface area contributed by atoms with E-state index in [1.54, 1.807) is 6.08 Å². The van der Waals surface area contributed by atoms with Crippen LogP contribution in [-0.2, 0) is 0 Å². The molecule has 0 amide bonds. The Balaban J connectivity index is 1.29. The fraction of sp³-hybridized carbons (Fsp3) is 0.0400. The van der Waals surface area contributed by atoms with Gasteiger partial charge in [0.05, 0.1) is 0 Å². The van der Waals surface area contributed by atoms with Gasteiger partial charge in [-0.1, -0.05) is 140 Å². The number of aryl methyl sites for hydroxylation is 1. The SMILES string of the molecule is C=C/C=C\C=C(/C)c1nc(-c2ccccc2)nc(-c2cc(-c3ccc(-c4cccnc4C)cc3)cc(-c3cc4cccc5ccc6cccc3c6c54)c2)n1. The van der Waals surface area contributed by atoms with Gasteiger partial charge in [0.15, 0.2) is 17.5 Å². The number of aromatic nitrogens is 4. The fourth-order valence-electron chi connectivity index (χ4n) is 7.46. The summed E-state index contributed by atoms with van der Waals surface area (Å²) < 4.78 is 0. The predicted octanol–water partition coefficient (Wildman–Crippen LogP) is 13.0. The average molecular weight is 693 g/mol. The van der Waals surface area contributed by atoms with E-state index in [1.807, 2.05) is 67.7 Å². The molecule has 54 heavy (non-hydrogen) atoms. The third-order valence-corrected chi connectivity index (χ3v) is 10.2. The van der Waals surface area contributed by atoms with E-state index in [0.717, 1.165) is 50.2 Å². The predicted molar refractivity (Wildman–Crippen MR) is 226 cm³/mol. The summed E-state index contributed by atoms with van der Waals surface area (Å²) in [5.74, 6) is 1.86. The van der Waals surface area contributed by atoms with Crippen LogP contribution in [0.15, 0.2) is 177 Å². The van der Waals surface area contributed by atoms with Gasteiger partial charge >= 0.3 is 0 Å². The second-order valence-corrected chi connectivity index (χ2v) is 13.6. The normalized spacial score (nSPS) is 12.0. The number of hydrogen-bond acceptors (Lipinski definition) is 4. The van der Waals surface area contributed by atoms with E-state index in [-0.39, 0.29) is 0 Å². The highest BCUT2D eigenvalue weighted by atomic mass is 15.0. The summed E-state index contributed by atoms with van der Waals surface area (Å²) in [6, 6.07) is 49.7. The van der Waals surface area contributed by atoms with Crippen LogP contribution in [0, 0.1) is 6.92 Å². The molecule has 4 nitrogen and oxygen atoms in total. The molecule has 0 bridgehead atoms. The first-order chi connectivity index (χ1) is 26.5. The van der Waals surface area contributed by atoms with Gasteiger partial charge < -0.3 is 0 Å². The zero-order valence-electron chi connectivity index (χ0n) is 30.2. The van der Waals surface area contributed by atoms with E-state index in [2.05, 4.69) is 122 Å². The second-order valence-electron chi connectivity index (χ2n) is 13.6. The molecule has 9 aromatic rings. The van der Waals surface area contributed by atoms with Crippen LogP contribution in [0.4, 0.5) is 0 Å². The number of pyridine rings is 1. The van der Waals surface area contributed by atoms with Crippen molar-refractivity contribution in [2.75, 3.05) is 0 Å². The lowest BCUT2D eigenvalue weighted by molar-refractivity contribution is 1.03. The number of benzene rings is 7. The van der Waals surface area contributed by atoms with Crippen molar-refractivity contribution in [3.63, 3.8) is 0 Å². The van der Waals surface area contributed by atoms with E-state index in [9.17, 15) is 0 Å². The molecule has 0 unspecified atom stereocenters. The van der Waals surface area contributed by atoms with Crippen molar-refractivity contribution in [2.24, 2.45) is 0 Å². The van der Waals surface area contributed by atoms with Gasteiger partial charge in [-0.25, -0.2) is 15.0 Å². The van der Waals surface area contributed by atoms with E-state index in [4.69, 9.17) is 15.0 Å². The van der Waals surface area contributed by atoms with Gasteiger partial charge in [-0.3, -0.25) is 4.98 Å². The lowest BCUT2D eigenvalue weighted by Gasteiger charge is -2.17. The van der Waals surface area contributed by atoms with Crippen LogP contribution in [0.5, 0.6) is 0 Å². The summed E-state index contributed by atoms with van der Waals surface area (Å²) in [5.41, 5.74) is 10.5. The molecule has 0 aliphatic rings. The van der Waals surface area contributed by atoms with Crippen LogP contribution in [0.1, 0.15) is 18.4 Å². The van der Waals surface area contributed by atoms with E-state index < -0.39 is 0 Å². The van der Waals surface area contributed by atoms with Crippen LogP contribution >= 0.6 is 0 Å². The first kappa shape index (κ1) is 32.8. The number of nitrogens with zero attached hydrogens (tertiary/aromatic N) is 4. The zero-order chi connectivity index (χ0) is 36.6. The Morgan fingerprint density at radius 3 is 1.98 bits per heavy atom. The van der Waals surface area contributed by atoms with Crippen molar-refractivity contribution in [3.8, 4) is 56.2 Å². The maximum absolute atomic E-state index is 5.13. The first-order valence-corrected chi connectivity index (χ1v) is 18.2. The quantitative estimate of drug-likeness (QED) is 0.117. The Kier molecular flexibility index (Phi) is 8.41. The van der Waals surface area contributed by atoms with Gasteiger partial charge in [-0.2, -0.15) is 0 Å². The molecule has 0 spiro atoms. The molecule has 0 saturated carbocycles. The molecule has 0 aliphatic carbocycles. The van der Waals surface area contributed by atoms with Gasteiger partial charge in [0, 0.05) is 28.6 Å². The number of hydrogen-bond donors (Lipinski definition) is 0. The molecule has 0 aliphatic heterocycles. The maximum atomic E-state index is 5.13. The molecule has 0 N–H and O–H groups in total. The van der Waals surface area contributed by atoms with Crippen molar-refractivity contribution < 1.29 is 0 Å². The standard InChI is InChI=1S/C50H36N4/c1-4-5-7-13-32(2)48-52-49(38-14-8-6-9-15-38)54-50(53-48)42-29-40(34-21-23-35(24-22-34)43-20-12-27-51-33(43)3)28-41(30-42)45-31-39-18-10-16-36-25-26-37-17-11-19-44(45)47(37)46(36)39/h4-31H,1H2,2-3H3/b7-5-,32-13+. The third kappa shape index (κ3) is 6.04. The second kappa shape index (κ2) is 13.8. The molecule has 0 saturated heterocycles. The highest BCUT2D eigenvalue weighted by Crippen LogP contribution is 2.42. The van der Waals surface area contributed by atoms with E-state index >= 15 is 0 Å². The van der Waals surface area contributed by atoms with Crippen LogP contribution in [0.25, 0.3) is 94.0 Å². The lowest BCUT2D eigenvalue weighted by Crippen LogP contribution is -2.02. The monoisotopic (exact) mass is 692 g/mol. The lowest BCUT2D eigenvalue weighted by atomic mass is 9.87. The Hall–Kier alpha value is -7.04. The summed E-state index contributed by atoms with van der Waals surface area (Å²) in [7, 11) is 0. The van der Waals surface area contributed by atoms with E-state index in [0.29, 0.717) is 17.5 Å². The molecule has 0 atom stereocenters. The Labute approximate surface area is 314 Å². The van der Waals surface area contributed by atoms with Gasteiger partial charge in [-0.05, 0) is 110 Å². The van der Waals surface area contributed by atoms with Crippen molar-refractivity contribution in [2.45, 2.75) is 13.8 Å². The van der Waals surface area contributed by atoms with Gasteiger partial charge in [0.1, 0.15) is 0 Å². The number of allylic oxidation sites excluding steroid dienone is 5. The number of rotatable bonds is 8. The maximum Gasteiger partial charge on any atom is 0.164 e. The molecule has 4 heteroatoms. The molecule has 0 fully saturated rings. The van der Waals surface area contributed by atoms with Crippen LogP contribution < -0.4 is 0 Å². The molecule has 256 valence electrons. The van der Waals surface area contributed by atoms with Crippen LogP contribution in [0.3, 0.4) is 0 Å². The van der Waals surface area contributed by atoms with Crippen molar-refractivity contribution in [1.82, 2.24) is 19.9 Å². The largest absolute Gasteiger partial charge is 0.261 e. The van der Waals surface area contributed by atoms with Crippen molar-refractivity contribution in [3.05, 3.63) is 188 Å². The Bertz CT molecular complexity index is 2900. The minimum Gasteiger partial charge on any atom is -0.261 e. The zero-order valence-corrected chi connectivity index (χ0v) is 30.2. The summed E-state index contributed by atoms with van der Waals surface area (Å²) in [4.78, 5) is 19.7. The topological polar surface area (TPSA) is 51.6 Å². The van der Waals surface area contributed by atoms with Crippen LogP contribution in [-0.4, -0.2) is 19.9 Å². The summed E-state index contributed by atoms with van der Waals surface area (Å²) >= 11 is 0. The molecule has 9 rings (SSSR count). The summed E-state index contributed by atoms with van der Waals surface area (Å²) in [6.07, 6.45) is 9.46. The Morgan fingerprint density at radius 2 is 1.20 bits per heavy atom. The highest BCUT2D eigenvalue weighted by molar-refractivity contribution is 6.26. The Morgan fingerprint density at radius 1 is 0.519 bits per heavy atom. The van der Waals surface area contributed by atoms with Crippen LogP contribution in [0.2, 0.25) is 0 Å².